The predicted molar refractivity (Wildman–Crippen MR) is 71.9 cm³/mol. The summed E-state index contributed by atoms with van der Waals surface area (Å²) in [5.41, 5.74) is 1.41. The molecule has 16 heavy (non-hydrogen) atoms. The maximum absolute atomic E-state index is 3.64. The molecular formula is C14H21NS. The molecule has 88 valence electrons. The van der Waals surface area contributed by atoms with E-state index in [9.17, 15) is 0 Å². The summed E-state index contributed by atoms with van der Waals surface area (Å²) >= 11 is 1.91. The average Bonchev–Trinajstić information content (AvgIpc) is 2.82. The molecular weight excluding hydrogens is 214 g/mol. The first kappa shape index (κ1) is 12.0. The topological polar surface area (TPSA) is 12.0 Å². The van der Waals surface area contributed by atoms with Crippen molar-refractivity contribution in [3.63, 3.8) is 0 Å². The molecule has 0 heterocycles. The summed E-state index contributed by atoms with van der Waals surface area (Å²) in [6.45, 7) is 3.22. The quantitative estimate of drug-likeness (QED) is 0.778. The van der Waals surface area contributed by atoms with Crippen LogP contribution in [0.15, 0.2) is 29.2 Å². The minimum absolute atomic E-state index is 0.768. The maximum Gasteiger partial charge on any atom is 0.0208 e. The van der Waals surface area contributed by atoms with Gasteiger partial charge in [0.25, 0.3) is 0 Å². The van der Waals surface area contributed by atoms with E-state index in [1.165, 1.54) is 36.1 Å². The van der Waals surface area contributed by atoms with Gasteiger partial charge in [0.2, 0.25) is 0 Å². The van der Waals surface area contributed by atoms with Crippen molar-refractivity contribution in [2.75, 3.05) is 5.75 Å². The Labute approximate surface area is 103 Å². The minimum atomic E-state index is 0.768. The van der Waals surface area contributed by atoms with Crippen molar-refractivity contribution in [2.45, 2.75) is 50.1 Å². The second kappa shape index (κ2) is 6.31. The van der Waals surface area contributed by atoms with Crippen LogP contribution in [0.4, 0.5) is 0 Å². The van der Waals surface area contributed by atoms with E-state index in [0.29, 0.717) is 0 Å². The van der Waals surface area contributed by atoms with E-state index in [-0.39, 0.29) is 0 Å². The van der Waals surface area contributed by atoms with Gasteiger partial charge >= 0.3 is 0 Å². The Kier molecular flexibility index (Phi) is 4.73. The van der Waals surface area contributed by atoms with Crippen molar-refractivity contribution in [3.05, 3.63) is 29.8 Å². The molecule has 0 amide bonds. The Hall–Kier alpha value is -0.470. The molecule has 1 aliphatic carbocycles. The molecule has 0 aliphatic heterocycles. The number of hydrogen-bond acceptors (Lipinski definition) is 2. The lowest BCUT2D eigenvalue weighted by Crippen LogP contribution is -2.25. The van der Waals surface area contributed by atoms with Crippen molar-refractivity contribution in [3.8, 4) is 0 Å². The summed E-state index contributed by atoms with van der Waals surface area (Å²) in [6.07, 6.45) is 5.54. The molecule has 0 unspecified atom stereocenters. The predicted octanol–water partition coefficient (Wildman–Crippen LogP) is 3.83. The van der Waals surface area contributed by atoms with Gasteiger partial charge in [-0.3, -0.25) is 0 Å². The van der Waals surface area contributed by atoms with Crippen LogP contribution in [0.5, 0.6) is 0 Å². The molecule has 2 heteroatoms. The van der Waals surface area contributed by atoms with Crippen LogP contribution in [0.3, 0.4) is 0 Å². The molecule has 1 aromatic rings. The Morgan fingerprint density at radius 2 is 1.88 bits per heavy atom. The Balaban J connectivity index is 1.80. The second-order valence-corrected chi connectivity index (χ2v) is 5.78. The largest absolute Gasteiger partial charge is 0.310 e. The smallest absolute Gasteiger partial charge is 0.0208 e. The third-order valence-corrected chi connectivity index (χ3v) is 4.08. The Morgan fingerprint density at radius 1 is 1.19 bits per heavy atom. The molecule has 1 saturated carbocycles. The monoisotopic (exact) mass is 235 g/mol. The molecule has 0 atom stereocenters. The summed E-state index contributed by atoms with van der Waals surface area (Å²) < 4.78 is 0. The fraction of sp³-hybridized carbons (Fsp3) is 0.571. The highest BCUT2D eigenvalue weighted by atomic mass is 32.2. The highest BCUT2D eigenvalue weighted by molar-refractivity contribution is 7.99. The lowest BCUT2D eigenvalue weighted by molar-refractivity contribution is 0.524. The van der Waals surface area contributed by atoms with Gasteiger partial charge in [0.15, 0.2) is 0 Å². The molecule has 1 aliphatic rings. The van der Waals surface area contributed by atoms with Gasteiger partial charge in [-0.25, -0.2) is 0 Å². The summed E-state index contributed by atoms with van der Waals surface area (Å²) in [4.78, 5) is 1.38. The highest BCUT2D eigenvalue weighted by Crippen LogP contribution is 2.20. The Bertz CT molecular complexity index is 301. The van der Waals surface area contributed by atoms with E-state index in [2.05, 4.69) is 36.5 Å². The number of thioether (sulfide) groups is 1. The molecule has 0 spiro atoms. The molecule has 0 radical (unpaired) electrons. The van der Waals surface area contributed by atoms with E-state index in [1.807, 2.05) is 11.8 Å². The van der Waals surface area contributed by atoms with E-state index in [0.717, 1.165) is 18.3 Å². The summed E-state index contributed by atoms with van der Waals surface area (Å²) in [5.74, 6) is 1.15. The van der Waals surface area contributed by atoms with Gasteiger partial charge in [-0.05, 0) is 36.3 Å². The van der Waals surface area contributed by atoms with Gasteiger partial charge in [-0.2, -0.15) is 0 Å². The molecule has 1 nitrogen and oxygen atoms in total. The number of rotatable bonds is 5. The van der Waals surface area contributed by atoms with Gasteiger partial charge in [0.05, 0.1) is 0 Å². The van der Waals surface area contributed by atoms with Gasteiger partial charge in [-0.15, -0.1) is 11.8 Å². The summed E-state index contributed by atoms with van der Waals surface area (Å²) in [6, 6.07) is 9.74. The first-order chi connectivity index (χ1) is 7.88. The SMILES string of the molecule is CCSc1ccc(CNC2CCCC2)cc1. The van der Waals surface area contributed by atoms with Crippen LogP contribution in [0.25, 0.3) is 0 Å². The van der Waals surface area contributed by atoms with Crippen LogP contribution in [-0.4, -0.2) is 11.8 Å². The number of benzene rings is 1. The molecule has 1 aromatic carbocycles. The van der Waals surface area contributed by atoms with Crippen molar-refractivity contribution in [1.29, 1.82) is 0 Å². The minimum Gasteiger partial charge on any atom is -0.310 e. The fourth-order valence-electron chi connectivity index (χ4n) is 2.26. The van der Waals surface area contributed by atoms with Crippen molar-refractivity contribution in [1.82, 2.24) is 5.32 Å². The Morgan fingerprint density at radius 3 is 2.50 bits per heavy atom. The van der Waals surface area contributed by atoms with E-state index < -0.39 is 0 Å². The van der Waals surface area contributed by atoms with Crippen molar-refractivity contribution >= 4 is 11.8 Å². The van der Waals surface area contributed by atoms with E-state index in [4.69, 9.17) is 0 Å². The van der Waals surface area contributed by atoms with Gasteiger partial charge in [-0.1, -0.05) is 31.9 Å². The van der Waals surface area contributed by atoms with Gasteiger partial charge < -0.3 is 5.32 Å². The molecule has 1 fully saturated rings. The second-order valence-electron chi connectivity index (χ2n) is 4.44. The molecule has 2 rings (SSSR count). The zero-order valence-corrected chi connectivity index (χ0v) is 10.9. The van der Waals surface area contributed by atoms with Crippen LogP contribution >= 0.6 is 11.8 Å². The van der Waals surface area contributed by atoms with Crippen molar-refractivity contribution in [2.24, 2.45) is 0 Å². The first-order valence-electron chi connectivity index (χ1n) is 6.33. The zero-order chi connectivity index (χ0) is 11.2. The van der Waals surface area contributed by atoms with Crippen LogP contribution in [0.2, 0.25) is 0 Å². The first-order valence-corrected chi connectivity index (χ1v) is 7.32. The lowest BCUT2D eigenvalue weighted by atomic mass is 10.2. The van der Waals surface area contributed by atoms with E-state index >= 15 is 0 Å². The number of nitrogens with one attached hydrogen (secondary N) is 1. The third kappa shape index (κ3) is 3.53. The molecule has 0 bridgehead atoms. The van der Waals surface area contributed by atoms with Crippen LogP contribution in [0, 0.1) is 0 Å². The van der Waals surface area contributed by atoms with Crippen LogP contribution < -0.4 is 5.32 Å². The standard InChI is InChI=1S/C14H21NS/c1-2-16-14-9-7-12(8-10-14)11-15-13-5-3-4-6-13/h7-10,13,15H,2-6,11H2,1H3. The molecule has 1 N–H and O–H groups in total. The molecule has 0 saturated heterocycles. The van der Waals surface area contributed by atoms with Crippen molar-refractivity contribution < 1.29 is 0 Å². The zero-order valence-electron chi connectivity index (χ0n) is 10.0. The third-order valence-electron chi connectivity index (χ3n) is 3.18. The molecule has 0 aromatic heterocycles. The van der Waals surface area contributed by atoms with Gasteiger partial charge in [0.1, 0.15) is 0 Å². The normalized spacial score (nSPS) is 16.8. The van der Waals surface area contributed by atoms with Crippen LogP contribution in [0.1, 0.15) is 38.2 Å². The van der Waals surface area contributed by atoms with Gasteiger partial charge in [0, 0.05) is 17.5 Å². The summed E-state index contributed by atoms with van der Waals surface area (Å²) in [7, 11) is 0. The summed E-state index contributed by atoms with van der Waals surface area (Å²) in [5, 5.41) is 3.64. The highest BCUT2D eigenvalue weighted by Gasteiger charge is 2.13. The fourth-order valence-corrected chi connectivity index (χ4v) is 2.92. The van der Waals surface area contributed by atoms with Crippen LogP contribution in [-0.2, 0) is 6.54 Å². The van der Waals surface area contributed by atoms with E-state index in [1.54, 1.807) is 0 Å². The maximum atomic E-state index is 3.64. The number of hydrogen-bond donors (Lipinski definition) is 1. The average molecular weight is 235 g/mol. The lowest BCUT2D eigenvalue weighted by Gasteiger charge is -2.11.